The van der Waals surface area contributed by atoms with Crippen molar-refractivity contribution in [3.63, 3.8) is 0 Å². The molecule has 0 spiro atoms. The quantitative estimate of drug-likeness (QED) is 0.637. The highest BCUT2D eigenvalue weighted by atomic mass is 19.1. The minimum Gasteiger partial charge on any atom is -0.354 e. The summed E-state index contributed by atoms with van der Waals surface area (Å²) in [4.78, 5) is 8.95. The van der Waals surface area contributed by atoms with Crippen LogP contribution in [-0.4, -0.2) is 16.5 Å². The third kappa shape index (κ3) is 4.57. The van der Waals surface area contributed by atoms with Gasteiger partial charge in [-0.3, -0.25) is 0 Å². The molecule has 2 aromatic carbocycles. The van der Waals surface area contributed by atoms with Crippen LogP contribution >= 0.6 is 0 Å². The number of rotatable bonds is 7. The summed E-state index contributed by atoms with van der Waals surface area (Å²) in [6.07, 6.45) is 1.52. The van der Waals surface area contributed by atoms with E-state index >= 15 is 0 Å². The Labute approximate surface area is 153 Å². The van der Waals surface area contributed by atoms with Crippen LogP contribution in [0.4, 0.5) is 21.8 Å². The van der Waals surface area contributed by atoms with Crippen LogP contribution in [0.15, 0.2) is 54.6 Å². The van der Waals surface area contributed by atoms with E-state index < -0.39 is 0 Å². The first-order chi connectivity index (χ1) is 12.7. The number of halogens is 1. The zero-order valence-corrected chi connectivity index (χ0v) is 15.1. The predicted octanol–water partition coefficient (Wildman–Crippen LogP) is 4.88. The van der Waals surface area contributed by atoms with Crippen molar-refractivity contribution in [3.8, 4) is 0 Å². The molecule has 0 amide bonds. The van der Waals surface area contributed by atoms with Gasteiger partial charge >= 0.3 is 0 Å². The number of anilines is 3. The first-order valence-corrected chi connectivity index (χ1v) is 8.83. The van der Waals surface area contributed by atoms with Gasteiger partial charge in [-0.15, -0.1) is 0 Å². The van der Waals surface area contributed by atoms with Crippen LogP contribution in [0.1, 0.15) is 23.7 Å². The maximum Gasteiger partial charge on any atom is 0.224 e. The molecule has 0 saturated heterocycles. The van der Waals surface area contributed by atoms with Gasteiger partial charge in [0, 0.05) is 24.0 Å². The molecule has 4 nitrogen and oxygen atoms in total. The van der Waals surface area contributed by atoms with Crippen molar-refractivity contribution in [2.45, 2.75) is 26.7 Å². The van der Waals surface area contributed by atoms with Crippen LogP contribution in [0, 0.1) is 12.7 Å². The number of aromatic nitrogens is 2. The standard InChI is InChI=1S/C21H23FN4/c1-3-16-8-5-7-11-19(16)25-20-14-15(2)24-21(26-20)23-13-12-17-9-4-6-10-18(17)22/h4-11,14H,3,12-13H2,1-2H3,(H2,23,24,25,26). The molecule has 26 heavy (non-hydrogen) atoms. The second-order valence-electron chi connectivity index (χ2n) is 6.12. The molecular weight excluding hydrogens is 327 g/mol. The Balaban J connectivity index is 1.68. The highest BCUT2D eigenvalue weighted by Crippen LogP contribution is 2.21. The normalized spacial score (nSPS) is 10.6. The lowest BCUT2D eigenvalue weighted by Gasteiger charge is -2.12. The maximum absolute atomic E-state index is 13.7. The fourth-order valence-electron chi connectivity index (χ4n) is 2.81. The number of para-hydroxylation sites is 1. The minimum absolute atomic E-state index is 0.182. The number of nitrogens with zero attached hydrogens (tertiary/aromatic N) is 2. The Kier molecular flexibility index (Phi) is 5.79. The molecule has 0 radical (unpaired) electrons. The molecule has 0 aliphatic heterocycles. The molecule has 3 rings (SSSR count). The van der Waals surface area contributed by atoms with E-state index in [9.17, 15) is 4.39 Å². The van der Waals surface area contributed by atoms with Gasteiger partial charge in [-0.05, 0) is 43.0 Å². The molecule has 0 bridgehead atoms. The summed E-state index contributed by atoms with van der Waals surface area (Å²) in [6.45, 7) is 4.62. The molecule has 3 aromatic rings. The van der Waals surface area contributed by atoms with Crippen molar-refractivity contribution in [2.24, 2.45) is 0 Å². The fourth-order valence-corrected chi connectivity index (χ4v) is 2.81. The van der Waals surface area contributed by atoms with Crippen LogP contribution < -0.4 is 10.6 Å². The van der Waals surface area contributed by atoms with E-state index in [2.05, 4.69) is 33.6 Å². The molecule has 1 aromatic heterocycles. The van der Waals surface area contributed by atoms with E-state index in [0.29, 0.717) is 24.5 Å². The van der Waals surface area contributed by atoms with Gasteiger partial charge in [0.2, 0.25) is 5.95 Å². The molecular formula is C21H23FN4. The van der Waals surface area contributed by atoms with Crippen molar-refractivity contribution in [1.29, 1.82) is 0 Å². The molecule has 1 heterocycles. The maximum atomic E-state index is 13.7. The number of benzene rings is 2. The summed E-state index contributed by atoms with van der Waals surface area (Å²) in [5, 5.41) is 6.56. The van der Waals surface area contributed by atoms with Crippen LogP contribution in [0.5, 0.6) is 0 Å². The van der Waals surface area contributed by atoms with E-state index in [-0.39, 0.29) is 5.82 Å². The molecule has 0 fully saturated rings. The average molecular weight is 350 g/mol. The third-order valence-corrected chi connectivity index (χ3v) is 4.15. The Morgan fingerprint density at radius 1 is 0.962 bits per heavy atom. The van der Waals surface area contributed by atoms with E-state index in [1.54, 1.807) is 12.1 Å². The first-order valence-electron chi connectivity index (χ1n) is 8.83. The molecule has 5 heteroatoms. The lowest BCUT2D eigenvalue weighted by atomic mass is 10.1. The van der Waals surface area contributed by atoms with Crippen molar-refractivity contribution in [1.82, 2.24) is 9.97 Å². The predicted molar refractivity (Wildman–Crippen MR) is 104 cm³/mol. The second kappa shape index (κ2) is 8.43. The summed E-state index contributed by atoms with van der Waals surface area (Å²) < 4.78 is 13.7. The van der Waals surface area contributed by atoms with E-state index in [4.69, 9.17) is 0 Å². The molecule has 0 aliphatic rings. The number of hydrogen-bond donors (Lipinski definition) is 2. The van der Waals surface area contributed by atoms with Crippen LogP contribution in [0.3, 0.4) is 0 Å². The highest BCUT2D eigenvalue weighted by Gasteiger charge is 2.06. The second-order valence-corrected chi connectivity index (χ2v) is 6.12. The summed E-state index contributed by atoms with van der Waals surface area (Å²) in [7, 11) is 0. The van der Waals surface area contributed by atoms with Crippen LogP contribution in [0.25, 0.3) is 0 Å². The van der Waals surface area contributed by atoms with Gasteiger partial charge in [-0.25, -0.2) is 9.37 Å². The topological polar surface area (TPSA) is 49.8 Å². The first kappa shape index (κ1) is 17.9. The van der Waals surface area contributed by atoms with Gasteiger partial charge in [0.1, 0.15) is 11.6 Å². The summed E-state index contributed by atoms with van der Waals surface area (Å²) in [6, 6.07) is 16.9. The number of nitrogens with one attached hydrogen (secondary N) is 2. The minimum atomic E-state index is -0.182. The lowest BCUT2D eigenvalue weighted by molar-refractivity contribution is 0.610. The van der Waals surface area contributed by atoms with Gasteiger partial charge in [-0.2, -0.15) is 4.98 Å². The average Bonchev–Trinajstić information content (AvgIpc) is 2.63. The Bertz CT molecular complexity index is 879. The van der Waals surface area contributed by atoms with Gasteiger partial charge < -0.3 is 10.6 Å². The monoisotopic (exact) mass is 350 g/mol. The lowest BCUT2D eigenvalue weighted by Crippen LogP contribution is -2.10. The Hall–Kier alpha value is -2.95. The molecule has 0 unspecified atom stereocenters. The van der Waals surface area contributed by atoms with Gasteiger partial charge in [0.15, 0.2) is 0 Å². The largest absolute Gasteiger partial charge is 0.354 e. The van der Waals surface area contributed by atoms with Gasteiger partial charge in [0.25, 0.3) is 0 Å². The third-order valence-electron chi connectivity index (χ3n) is 4.15. The summed E-state index contributed by atoms with van der Waals surface area (Å²) in [5.41, 5.74) is 3.83. The van der Waals surface area contributed by atoms with Gasteiger partial charge in [-0.1, -0.05) is 43.3 Å². The molecule has 2 N–H and O–H groups in total. The SMILES string of the molecule is CCc1ccccc1Nc1cc(C)nc(NCCc2ccccc2F)n1. The Morgan fingerprint density at radius 2 is 1.69 bits per heavy atom. The van der Waals surface area contributed by atoms with Crippen molar-refractivity contribution >= 4 is 17.5 Å². The molecule has 0 atom stereocenters. The zero-order chi connectivity index (χ0) is 18.4. The smallest absolute Gasteiger partial charge is 0.224 e. The van der Waals surface area contributed by atoms with E-state index in [0.717, 1.165) is 23.6 Å². The molecule has 0 aliphatic carbocycles. The molecule has 0 saturated carbocycles. The van der Waals surface area contributed by atoms with Crippen molar-refractivity contribution < 1.29 is 4.39 Å². The van der Waals surface area contributed by atoms with Crippen LogP contribution in [-0.2, 0) is 12.8 Å². The zero-order valence-electron chi connectivity index (χ0n) is 15.1. The summed E-state index contributed by atoms with van der Waals surface area (Å²) >= 11 is 0. The van der Waals surface area contributed by atoms with Crippen molar-refractivity contribution in [3.05, 3.63) is 77.2 Å². The fraction of sp³-hybridized carbons (Fsp3) is 0.238. The molecule has 134 valence electrons. The number of hydrogen-bond acceptors (Lipinski definition) is 4. The van der Waals surface area contributed by atoms with Gasteiger partial charge in [0.05, 0.1) is 0 Å². The number of aryl methyl sites for hydroxylation is 2. The van der Waals surface area contributed by atoms with E-state index in [1.165, 1.54) is 11.6 Å². The van der Waals surface area contributed by atoms with Crippen molar-refractivity contribution in [2.75, 3.05) is 17.2 Å². The van der Waals surface area contributed by atoms with Crippen LogP contribution in [0.2, 0.25) is 0 Å². The summed E-state index contributed by atoms with van der Waals surface area (Å²) in [5.74, 6) is 1.10. The Morgan fingerprint density at radius 3 is 2.46 bits per heavy atom. The van der Waals surface area contributed by atoms with E-state index in [1.807, 2.05) is 37.3 Å². The highest BCUT2D eigenvalue weighted by molar-refractivity contribution is 5.61.